The number of tetrazole rings is 1. The molecule has 1 aliphatic heterocycles. The number of carbonyl (C=O) groups is 2. The van der Waals surface area contributed by atoms with Gasteiger partial charge in [0.1, 0.15) is 29.2 Å². The number of esters is 1. The van der Waals surface area contributed by atoms with Crippen LogP contribution in [0.3, 0.4) is 0 Å². The Kier molecular flexibility index (Phi) is 6.63. The summed E-state index contributed by atoms with van der Waals surface area (Å²) in [7, 11) is 0. The van der Waals surface area contributed by atoms with Crippen LogP contribution in [0.2, 0.25) is 10.2 Å². The summed E-state index contributed by atoms with van der Waals surface area (Å²) < 4.78 is 22.8. The van der Waals surface area contributed by atoms with Crippen molar-refractivity contribution in [3.63, 3.8) is 0 Å². The van der Waals surface area contributed by atoms with Gasteiger partial charge in [-0.2, -0.15) is 4.68 Å². The molecule has 0 bridgehead atoms. The molecule has 4 aromatic rings. The van der Waals surface area contributed by atoms with Gasteiger partial charge in [-0.1, -0.05) is 30.1 Å². The highest BCUT2D eigenvalue weighted by atomic mass is 35.5. The third kappa shape index (κ3) is 4.50. The number of nitrogens with zero attached hydrogens (tertiary/aromatic N) is 7. The van der Waals surface area contributed by atoms with E-state index in [9.17, 15) is 14.4 Å². The smallest absolute Gasteiger partial charge is 0.329 e. The molecule has 1 aliphatic rings. The maximum Gasteiger partial charge on any atom is 0.329 e. The fourth-order valence-corrected chi connectivity index (χ4v) is 4.68. The molecule has 0 aliphatic carbocycles. The summed E-state index contributed by atoms with van der Waals surface area (Å²) in [6.07, 6.45) is 1.44. The van der Waals surface area contributed by atoms with Crippen LogP contribution < -0.4 is 11.3 Å². The molecule has 0 radical (unpaired) electrons. The van der Waals surface area contributed by atoms with Gasteiger partial charge in [0.15, 0.2) is 12.4 Å². The van der Waals surface area contributed by atoms with E-state index < -0.39 is 35.8 Å². The molecule has 0 fully saturated rings. The van der Waals surface area contributed by atoms with Gasteiger partial charge in [-0.3, -0.25) is 14.2 Å². The van der Waals surface area contributed by atoms with Crippen molar-refractivity contribution in [3.05, 3.63) is 74.4 Å². The minimum absolute atomic E-state index is 0.00622. The fraction of sp³-hybridized carbons (Fsp3) is 0.217. The van der Waals surface area contributed by atoms with Crippen LogP contribution in [0.1, 0.15) is 41.5 Å². The molecule has 0 saturated heterocycles. The third-order valence-electron chi connectivity index (χ3n) is 6.02. The third-order valence-corrected chi connectivity index (χ3v) is 6.60. The van der Waals surface area contributed by atoms with Crippen LogP contribution in [-0.2, 0) is 9.53 Å². The Morgan fingerprint density at radius 1 is 1.21 bits per heavy atom. The number of hydrogen-bond acceptors (Lipinski definition) is 10. The van der Waals surface area contributed by atoms with Crippen molar-refractivity contribution in [2.75, 3.05) is 12.3 Å². The van der Waals surface area contributed by atoms with Gasteiger partial charge >= 0.3 is 5.97 Å². The highest BCUT2D eigenvalue weighted by molar-refractivity contribution is 6.33. The zero-order chi connectivity index (χ0) is 27.1. The number of hydrogen-bond donors (Lipinski definition) is 1. The monoisotopic (exact) mass is 558 g/mol. The van der Waals surface area contributed by atoms with Gasteiger partial charge in [0, 0.05) is 12.0 Å². The van der Waals surface area contributed by atoms with Crippen LogP contribution in [0.25, 0.3) is 16.9 Å². The van der Waals surface area contributed by atoms with Gasteiger partial charge in [-0.15, -0.1) is 5.10 Å². The van der Waals surface area contributed by atoms with Crippen LogP contribution >= 0.6 is 23.2 Å². The molecule has 2 atom stereocenters. The number of ether oxygens (including phenoxy) is 1. The molecule has 1 aromatic carbocycles. The number of nitrogens with two attached hydrogens (primary N) is 1. The summed E-state index contributed by atoms with van der Waals surface area (Å²) in [5, 5.41) is 10.6. The van der Waals surface area contributed by atoms with E-state index in [1.165, 1.54) is 39.8 Å². The second-order valence-electron chi connectivity index (χ2n) is 8.48. The van der Waals surface area contributed by atoms with Gasteiger partial charge in [-0.05, 0) is 41.1 Å². The van der Waals surface area contributed by atoms with Crippen LogP contribution in [0.15, 0.2) is 41.5 Å². The minimum Gasteiger partial charge on any atom is -0.456 e. The van der Waals surface area contributed by atoms with E-state index in [1.807, 2.05) is 0 Å². The predicted octanol–water partition coefficient (Wildman–Crippen LogP) is 2.78. The van der Waals surface area contributed by atoms with E-state index in [0.29, 0.717) is 0 Å². The molecule has 38 heavy (non-hydrogen) atoms. The number of anilines is 1. The predicted molar refractivity (Wildman–Crippen MR) is 133 cm³/mol. The van der Waals surface area contributed by atoms with E-state index in [1.54, 1.807) is 6.92 Å². The van der Waals surface area contributed by atoms with Crippen molar-refractivity contribution in [2.45, 2.75) is 25.3 Å². The Morgan fingerprint density at radius 3 is 2.71 bits per heavy atom. The lowest BCUT2D eigenvalue weighted by Gasteiger charge is -2.15. The summed E-state index contributed by atoms with van der Waals surface area (Å²) in [6.45, 7) is 1.14. The van der Waals surface area contributed by atoms with E-state index in [-0.39, 0.29) is 56.7 Å². The van der Waals surface area contributed by atoms with Crippen LogP contribution in [-0.4, -0.2) is 53.1 Å². The summed E-state index contributed by atoms with van der Waals surface area (Å²) in [5.41, 5.74) is 5.09. The van der Waals surface area contributed by atoms with Gasteiger partial charge in [0.2, 0.25) is 5.78 Å². The summed E-state index contributed by atoms with van der Waals surface area (Å²) in [4.78, 5) is 46.9. The number of carbonyl (C=O) groups excluding carboxylic acids is 2. The molecular formula is C23H17Cl2FN8O4. The number of Topliss-reactive ketones (excluding diaryl/α,β-unsaturated/α-hetero) is 1. The maximum atomic E-state index is 15.2. The Balaban J connectivity index is 1.45. The van der Waals surface area contributed by atoms with Gasteiger partial charge in [-0.25, -0.2) is 19.2 Å². The first-order valence-corrected chi connectivity index (χ1v) is 11.9. The Morgan fingerprint density at radius 2 is 2.00 bits per heavy atom. The highest BCUT2D eigenvalue weighted by Crippen LogP contribution is 2.37. The highest BCUT2D eigenvalue weighted by Gasteiger charge is 2.37. The maximum absolute atomic E-state index is 15.2. The standard InChI is InChI=1S/C23H17Cl2FN8O4/c1-10-6-15(23(37)38-8-16(35)11-2-5-17(27)30-21(11)25)34-18(36)7-13(29-22(10)34)19-14(33-9-28-31-32-33)4-3-12(24)20(19)26/h2-5,7,9-10,15H,6,8H2,1H3,(H2,27,30). The lowest BCUT2D eigenvalue weighted by molar-refractivity contribution is -0.146. The Hall–Kier alpha value is -4.23. The van der Waals surface area contributed by atoms with Gasteiger partial charge in [0.05, 0.1) is 27.5 Å². The van der Waals surface area contributed by atoms with Crippen molar-refractivity contribution in [1.82, 2.24) is 34.7 Å². The lowest BCUT2D eigenvalue weighted by Crippen LogP contribution is -2.30. The zero-order valence-corrected chi connectivity index (χ0v) is 21.0. The molecule has 4 heterocycles. The summed E-state index contributed by atoms with van der Waals surface area (Å²) >= 11 is 12.0. The number of nitrogen functional groups attached to an aromatic ring is 1. The summed E-state index contributed by atoms with van der Waals surface area (Å²) in [6, 6.07) is 5.66. The molecule has 5 rings (SSSR count). The molecule has 2 unspecified atom stereocenters. The van der Waals surface area contributed by atoms with Crippen molar-refractivity contribution in [3.8, 4) is 16.9 Å². The SMILES string of the molecule is CC1CC(C(=O)OCC(=O)c2ccc(N)nc2Cl)n2c1nc(-c1c(-n3cnnn3)ccc(Cl)c1F)cc2=O. The van der Waals surface area contributed by atoms with Crippen LogP contribution in [0.5, 0.6) is 0 Å². The molecule has 12 nitrogen and oxygen atoms in total. The number of ketones is 1. The largest absolute Gasteiger partial charge is 0.456 e. The molecule has 3 aromatic heterocycles. The number of aromatic nitrogens is 7. The van der Waals surface area contributed by atoms with Crippen molar-refractivity contribution >= 4 is 40.8 Å². The van der Waals surface area contributed by atoms with Crippen LogP contribution in [0, 0.1) is 5.82 Å². The number of rotatable bonds is 6. The van der Waals surface area contributed by atoms with Crippen molar-refractivity contribution in [2.24, 2.45) is 0 Å². The number of benzene rings is 1. The fourth-order valence-electron chi connectivity index (χ4n) is 4.26. The average molecular weight is 559 g/mol. The lowest BCUT2D eigenvalue weighted by atomic mass is 10.1. The van der Waals surface area contributed by atoms with E-state index in [0.717, 1.165) is 6.07 Å². The molecule has 194 valence electrons. The molecule has 15 heteroatoms. The normalized spacial score (nSPS) is 16.3. The molecule has 2 N–H and O–H groups in total. The van der Waals surface area contributed by atoms with Gasteiger partial charge < -0.3 is 10.5 Å². The van der Waals surface area contributed by atoms with E-state index in [4.69, 9.17) is 33.7 Å². The summed E-state index contributed by atoms with van der Waals surface area (Å²) in [5.74, 6) is -2.20. The minimum atomic E-state index is -1.04. The second-order valence-corrected chi connectivity index (χ2v) is 9.24. The van der Waals surface area contributed by atoms with Gasteiger partial charge in [0.25, 0.3) is 5.56 Å². The molecule has 0 spiro atoms. The molecule has 0 saturated carbocycles. The molecule has 0 amide bonds. The first-order valence-electron chi connectivity index (χ1n) is 11.1. The number of pyridine rings is 1. The van der Waals surface area contributed by atoms with Crippen LogP contribution in [0.4, 0.5) is 10.2 Å². The van der Waals surface area contributed by atoms with Crippen molar-refractivity contribution < 1.29 is 18.7 Å². The second kappa shape index (κ2) is 9.91. The number of fused-ring (bicyclic) bond motifs is 1. The van der Waals surface area contributed by atoms with E-state index in [2.05, 4.69) is 25.5 Å². The zero-order valence-electron chi connectivity index (χ0n) is 19.5. The Bertz CT molecular complexity index is 1640. The first-order chi connectivity index (χ1) is 18.2. The topological polar surface area (TPSA) is 161 Å². The van der Waals surface area contributed by atoms with Crippen molar-refractivity contribution in [1.29, 1.82) is 0 Å². The molecular weight excluding hydrogens is 542 g/mol. The quantitative estimate of drug-likeness (QED) is 0.211. The average Bonchev–Trinajstić information content (AvgIpc) is 3.53. The Labute approximate surface area is 223 Å². The first kappa shape index (κ1) is 25.4. The number of halogens is 3. The van der Waals surface area contributed by atoms with E-state index >= 15 is 4.39 Å².